The second-order valence-corrected chi connectivity index (χ2v) is 12.2. The Labute approximate surface area is 239 Å². The summed E-state index contributed by atoms with van der Waals surface area (Å²) in [5, 5.41) is 8.21. The normalized spacial score (nSPS) is 17.4. The minimum atomic E-state index is -1.76. The lowest BCUT2D eigenvalue weighted by Crippen LogP contribution is -2.64. The van der Waals surface area contributed by atoms with Crippen molar-refractivity contribution in [2.24, 2.45) is 0 Å². The Balaban J connectivity index is 1.17. The number of hydrogen-bond donors (Lipinski definition) is 1. The van der Waals surface area contributed by atoms with Gasteiger partial charge in [0.25, 0.3) is 0 Å². The largest absolute Gasteiger partial charge is 0.446 e. The lowest BCUT2D eigenvalue weighted by molar-refractivity contribution is -0.0784. The maximum atomic E-state index is 14.9. The molecule has 12 heteroatoms. The zero-order valence-electron chi connectivity index (χ0n) is 24.3. The number of anilines is 1. The van der Waals surface area contributed by atoms with Gasteiger partial charge in [0.1, 0.15) is 18.0 Å². The topological polar surface area (TPSA) is 114 Å². The van der Waals surface area contributed by atoms with Crippen molar-refractivity contribution in [3.05, 3.63) is 42.4 Å². The average Bonchev–Trinajstić information content (AvgIpc) is 3.35. The van der Waals surface area contributed by atoms with E-state index in [0.717, 1.165) is 28.3 Å². The van der Waals surface area contributed by atoms with E-state index in [1.165, 1.54) is 4.90 Å². The highest BCUT2D eigenvalue weighted by molar-refractivity contribution is 5.70. The third kappa shape index (κ3) is 6.52. The molecule has 2 saturated heterocycles. The van der Waals surface area contributed by atoms with E-state index in [2.05, 4.69) is 29.2 Å². The van der Waals surface area contributed by atoms with Crippen LogP contribution in [0.2, 0.25) is 0 Å². The number of likely N-dealkylation sites (tertiary alicyclic amines) is 2. The Bertz CT molecular complexity index is 1390. The summed E-state index contributed by atoms with van der Waals surface area (Å²) < 4.78 is 27.3. The fourth-order valence-corrected chi connectivity index (χ4v) is 5.04. The van der Waals surface area contributed by atoms with E-state index in [-0.39, 0.29) is 25.0 Å². The number of fused-ring (bicyclic) bond motifs is 1. The number of carbonyl (C=O) groups is 2. The molecule has 220 valence electrons. The lowest BCUT2D eigenvalue weighted by Gasteiger charge is -2.44. The summed E-state index contributed by atoms with van der Waals surface area (Å²) in [7, 11) is 0. The Kier molecular flexibility index (Phi) is 7.76. The van der Waals surface area contributed by atoms with Crippen molar-refractivity contribution in [2.45, 2.75) is 70.7 Å². The van der Waals surface area contributed by atoms with Crippen LogP contribution in [0.15, 0.2) is 36.8 Å². The van der Waals surface area contributed by atoms with Crippen LogP contribution in [0.1, 0.15) is 58.9 Å². The second kappa shape index (κ2) is 11.1. The number of rotatable bonds is 6. The van der Waals surface area contributed by atoms with Gasteiger partial charge >= 0.3 is 12.2 Å². The fraction of sp³-hybridized carbons (Fsp3) is 0.552. The maximum Gasteiger partial charge on any atom is 0.410 e. The van der Waals surface area contributed by atoms with Gasteiger partial charge in [0, 0.05) is 48.7 Å². The van der Waals surface area contributed by atoms with E-state index < -0.39 is 30.1 Å². The molecule has 5 heterocycles. The number of amides is 2. The van der Waals surface area contributed by atoms with Crippen molar-refractivity contribution in [1.29, 1.82) is 0 Å². The molecule has 2 amide bonds. The van der Waals surface area contributed by atoms with Gasteiger partial charge in [-0.1, -0.05) is 13.8 Å². The van der Waals surface area contributed by atoms with Crippen molar-refractivity contribution in [2.75, 3.05) is 38.1 Å². The molecule has 3 aromatic rings. The molecule has 0 aromatic carbocycles. The molecule has 0 unspecified atom stereocenters. The Morgan fingerprint density at radius 1 is 1.12 bits per heavy atom. The first-order valence-electron chi connectivity index (χ1n) is 14.0. The van der Waals surface area contributed by atoms with Gasteiger partial charge in [-0.2, -0.15) is 9.61 Å². The van der Waals surface area contributed by atoms with Gasteiger partial charge in [-0.15, -0.1) is 0 Å². The minimum Gasteiger partial charge on any atom is -0.446 e. The van der Waals surface area contributed by atoms with Gasteiger partial charge in [0.05, 0.1) is 25.0 Å². The number of pyridine rings is 1. The summed E-state index contributed by atoms with van der Waals surface area (Å²) >= 11 is 0. The molecule has 0 aliphatic carbocycles. The Morgan fingerprint density at radius 2 is 1.80 bits per heavy atom. The van der Waals surface area contributed by atoms with Gasteiger partial charge in [0.15, 0.2) is 11.3 Å². The van der Waals surface area contributed by atoms with Crippen molar-refractivity contribution >= 4 is 23.7 Å². The molecule has 3 aromatic heterocycles. The van der Waals surface area contributed by atoms with Crippen molar-refractivity contribution < 1.29 is 23.5 Å². The number of alkyl halides is 1. The predicted molar refractivity (Wildman–Crippen MR) is 152 cm³/mol. The van der Waals surface area contributed by atoms with Crippen molar-refractivity contribution in [3.8, 4) is 11.3 Å². The summed E-state index contributed by atoms with van der Waals surface area (Å²) in [6, 6.07) is 5.94. The van der Waals surface area contributed by atoms with Crippen LogP contribution in [0.25, 0.3) is 16.9 Å². The molecule has 2 aliphatic rings. The Morgan fingerprint density at radius 3 is 2.44 bits per heavy atom. The van der Waals surface area contributed by atoms with Crippen molar-refractivity contribution in [3.63, 3.8) is 0 Å². The van der Waals surface area contributed by atoms with Crippen LogP contribution in [0.5, 0.6) is 0 Å². The molecule has 11 nitrogen and oxygen atoms in total. The quantitative estimate of drug-likeness (QED) is 0.448. The highest BCUT2D eigenvalue weighted by Crippen LogP contribution is 2.29. The number of nitrogens with zero attached hydrogens (tertiary/aromatic N) is 6. The third-order valence-electron chi connectivity index (χ3n) is 7.26. The molecule has 2 aliphatic heterocycles. The number of nitrogens with one attached hydrogen (secondary N) is 1. The number of aromatic nitrogens is 4. The SMILES string of the molecule is CC(C)c1cnn2c(NC3CCN(C(=O)OCC4(F)CN(C(=O)OC(C)(C)C)C4)CC3)cc(-c3ccncc3)nc12. The van der Waals surface area contributed by atoms with Crippen LogP contribution in [-0.2, 0) is 9.47 Å². The molecule has 0 atom stereocenters. The molecule has 0 spiro atoms. The number of hydrogen-bond acceptors (Lipinski definition) is 8. The second-order valence-electron chi connectivity index (χ2n) is 12.2. The summed E-state index contributed by atoms with van der Waals surface area (Å²) in [5.74, 6) is 1.09. The van der Waals surface area contributed by atoms with Gasteiger partial charge in [-0.25, -0.2) is 19.0 Å². The number of halogens is 1. The highest BCUT2D eigenvalue weighted by atomic mass is 19.1. The lowest BCUT2D eigenvalue weighted by atomic mass is 9.98. The van der Waals surface area contributed by atoms with Crippen LogP contribution in [0.4, 0.5) is 19.8 Å². The van der Waals surface area contributed by atoms with Crippen molar-refractivity contribution in [1.82, 2.24) is 29.4 Å². The van der Waals surface area contributed by atoms with E-state index in [9.17, 15) is 14.0 Å². The van der Waals surface area contributed by atoms with Crippen LogP contribution in [0, 0.1) is 0 Å². The van der Waals surface area contributed by atoms with Gasteiger partial charge < -0.3 is 24.6 Å². The minimum absolute atomic E-state index is 0.100. The summed E-state index contributed by atoms with van der Waals surface area (Å²) in [6.07, 6.45) is 5.62. The van der Waals surface area contributed by atoms with Gasteiger partial charge in [-0.05, 0) is 51.7 Å². The third-order valence-corrected chi connectivity index (χ3v) is 7.26. The summed E-state index contributed by atoms with van der Waals surface area (Å²) in [4.78, 5) is 36.6. The first kappa shape index (κ1) is 28.6. The molecule has 41 heavy (non-hydrogen) atoms. The molecular weight excluding hydrogens is 529 g/mol. The number of piperidine rings is 1. The molecule has 0 bridgehead atoms. The molecule has 1 N–H and O–H groups in total. The predicted octanol–water partition coefficient (Wildman–Crippen LogP) is 4.89. The van der Waals surface area contributed by atoms with E-state index in [0.29, 0.717) is 25.9 Å². The van der Waals surface area contributed by atoms with Crippen LogP contribution >= 0.6 is 0 Å². The smallest absolute Gasteiger partial charge is 0.410 e. The summed E-state index contributed by atoms with van der Waals surface area (Å²) in [5.41, 5.74) is 1.24. The summed E-state index contributed by atoms with van der Waals surface area (Å²) in [6.45, 7) is 9.74. The average molecular weight is 568 g/mol. The molecule has 2 fully saturated rings. The molecule has 5 rings (SSSR count). The number of carbonyl (C=O) groups excluding carboxylic acids is 2. The van der Waals surface area contributed by atoms with E-state index in [1.807, 2.05) is 28.9 Å². The van der Waals surface area contributed by atoms with Gasteiger partial charge in [0.2, 0.25) is 0 Å². The molecular formula is C29H38FN7O4. The zero-order valence-corrected chi connectivity index (χ0v) is 24.3. The van der Waals surface area contributed by atoms with Crippen LogP contribution in [-0.4, -0.2) is 91.7 Å². The standard InChI is InChI=1S/C29H38FN7O4/c1-19(2)22-15-32-37-24(14-23(34-25(22)37)20-6-10-31-11-7-20)33-21-8-12-35(13-9-21)26(38)40-18-29(30)16-36(17-29)27(39)41-28(3,4)5/h6-7,10-11,14-15,19,21,33H,8-9,12-13,16-18H2,1-5H3. The van der Waals surface area contributed by atoms with Crippen LogP contribution in [0.3, 0.4) is 0 Å². The van der Waals surface area contributed by atoms with E-state index >= 15 is 0 Å². The number of ether oxygens (including phenoxy) is 2. The van der Waals surface area contributed by atoms with E-state index in [1.54, 1.807) is 38.1 Å². The van der Waals surface area contributed by atoms with Gasteiger partial charge in [-0.3, -0.25) is 4.98 Å². The van der Waals surface area contributed by atoms with Crippen LogP contribution < -0.4 is 5.32 Å². The fourth-order valence-electron chi connectivity index (χ4n) is 5.04. The maximum absolute atomic E-state index is 14.9. The zero-order chi connectivity index (χ0) is 29.4. The monoisotopic (exact) mass is 567 g/mol. The molecule has 0 saturated carbocycles. The highest BCUT2D eigenvalue weighted by Gasteiger charge is 2.48. The molecule has 0 radical (unpaired) electrons. The first-order chi connectivity index (χ1) is 19.4. The Hall–Kier alpha value is -3.96. The van der Waals surface area contributed by atoms with E-state index in [4.69, 9.17) is 14.5 Å². The first-order valence-corrected chi connectivity index (χ1v) is 14.0.